The Labute approximate surface area is 214 Å². The lowest BCUT2D eigenvalue weighted by Gasteiger charge is -2.29. The van der Waals surface area contributed by atoms with Crippen molar-refractivity contribution in [1.29, 1.82) is 5.26 Å². The minimum absolute atomic E-state index is 0.392. The number of hydrogen-bond donors (Lipinski definition) is 1. The number of rotatable bonds is 7. The lowest BCUT2D eigenvalue weighted by atomic mass is 9.98. The number of benzene rings is 1. The summed E-state index contributed by atoms with van der Waals surface area (Å²) >= 11 is 1.53. The monoisotopic (exact) mass is 497 g/mol. The van der Waals surface area contributed by atoms with Gasteiger partial charge < -0.3 is 4.74 Å². The normalized spacial score (nSPS) is 14.8. The summed E-state index contributed by atoms with van der Waals surface area (Å²) in [6, 6.07) is 13.8. The van der Waals surface area contributed by atoms with Crippen molar-refractivity contribution in [2.24, 2.45) is 11.0 Å². The van der Waals surface area contributed by atoms with Crippen molar-refractivity contribution >= 4 is 33.7 Å². The third-order valence-corrected chi connectivity index (χ3v) is 7.15. The lowest BCUT2D eigenvalue weighted by molar-refractivity contribution is 0.201. The van der Waals surface area contributed by atoms with E-state index in [9.17, 15) is 5.26 Å². The molecule has 0 atom stereocenters. The third kappa shape index (κ3) is 5.51. The highest BCUT2D eigenvalue weighted by atomic mass is 32.1. The summed E-state index contributed by atoms with van der Waals surface area (Å²) in [6.45, 7) is 6.79. The van der Waals surface area contributed by atoms with E-state index >= 15 is 0 Å². The van der Waals surface area contributed by atoms with E-state index < -0.39 is 0 Å². The topological polar surface area (TPSA) is 99.3 Å². The Bertz CT molecular complexity index is 1400. The number of aryl methyl sites for hydroxylation is 2. The first-order valence-corrected chi connectivity index (χ1v) is 12.8. The molecule has 1 aliphatic heterocycles. The van der Waals surface area contributed by atoms with E-state index in [1.807, 2.05) is 62.0 Å². The molecule has 0 saturated carbocycles. The van der Waals surface area contributed by atoms with Crippen molar-refractivity contribution in [1.82, 2.24) is 19.9 Å². The third-order valence-electron chi connectivity index (χ3n) is 6.25. The van der Waals surface area contributed by atoms with E-state index in [4.69, 9.17) is 4.74 Å². The fourth-order valence-electron chi connectivity index (χ4n) is 4.41. The first kappa shape index (κ1) is 23.9. The molecule has 9 heteroatoms. The lowest BCUT2D eigenvalue weighted by Crippen LogP contribution is -2.34. The van der Waals surface area contributed by atoms with E-state index in [1.54, 1.807) is 0 Å². The second-order valence-corrected chi connectivity index (χ2v) is 9.88. The first-order chi connectivity index (χ1) is 17.6. The van der Waals surface area contributed by atoms with Gasteiger partial charge in [-0.1, -0.05) is 6.07 Å². The molecule has 8 nitrogen and oxygen atoms in total. The fraction of sp³-hybridized carbons (Fsp3) is 0.296. The van der Waals surface area contributed by atoms with Crippen molar-refractivity contribution in [3.8, 4) is 17.7 Å². The zero-order valence-electron chi connectivity index (χ0n) is 20.3. The summed E-state index contributed by atoms with van der Waals surface area (Å²) in [5.41, 5.74) is 7.30. The molecule has 182 valence electrons. The smallest absolute Gasteiger partial charge is 0.247 e. The van der Waals surface area contributed by atoms with Crippen LogP contribution in [0.3, 0.4) is 0 Å². The van der Waals surface area contributed by atoms with Gasteiger partial charge in [0.25, 0.3) is 0 Å². The van der Waals surface area contributed by atoms with Crippen LogP contribution in [0.1, 0.15) is 35.2 Å². The highest BCUT2D eigenvalue weighted by molar-refractivity contribution is 7.17. The fourth-order valence-corrected chi connectivity index (χ4v) is 5.17. The van der Waals surface area contributed by atoms with Gasteiger partial charge in [0.1, 0.15) is 10.4 Å². The molecular formula is C27H27N7OS. The van der Waals surface area contributed by atoms with Gasteiger partial charge in [0.2, 0.25) is 11.8 Å². The van der Waals surface area contributed by atoms with E-state index in [0.717, 1.165) is 59.5 Å². The molecule has 1 aliphatic rings. The van der Waals surface area contributed by atoms with Crippen LogP contribution in [0.25, 0.3) is 10.2 Å². The molecule has 1 aromatic carbocycles. The van der Waals surface area contributed by atoms with Crippen LogP contribution in [0.4, 0.5) is 5.95 Å². The summed E-state index contributed by atoms with van der Waals surface area (Å²) in [4.78, 5) is 16.1. The van der Waals surface area contributed by atoms with E-state index in [2.05, 4.69) is 42.5 Å². The number of aromatic nitrogens is 3. The summed E-state index contributed by atoms with van der Waals surface area (Å²) in [7, 11) is 0. The second kappa shape index (κ2) is 10.8. The molecular weight excluding hydrogens is 470 g/mol. The van der Waals surface area contributed by atoms with Crippen LogP contribution in [-0.4, -0.2) is 39.2 Å². The van der Waals surface area contributed by atoms with Gasteiger partial charge in [-0.3, -0.25) is 9.88 Å². The molecule has 5 rings (SSSR count). The standard InChI is InChI=1S/C27H27N7OS/c1-18-13-21(15-28)14-19(2)24(18)35-26-25-23(8-12-36-25)31-27(32-26)33-30-16-20-6-10-34(11-7-20)17-22-5-3-4-9-29-22/h3-5,8-9,12-14,16,20H,6-7,10-11,17H2,1-2H3,(H,31,32,33)/b30-16+. The number of hydrazone groups is 1. The largest absolute Gasteiger partial charge is 0.437 e. The molecule has 1 fully saturated rings. The van der Waals surface area contributed by atoms with Crippen molar-refractivity contribution in [2.75, 3.05) is 18.5 Å². The predicted octanol–water partition coefficient (Wildman–Crippen LogP) is 5.68. The Balaban J connectivity index is 1.24. The quantitative estimate of drug-likeness (QED) is 0.259. The van der Waals surface area contributed by atoms with Gasteiger partial charge in [0.05, 0.1) is 22.8 Å². The molecule has 0 spiro atoms. The molecule has 3 aromatic heterocycles. The van der Waals surface area contributed by atoms with Crippen molar-refractivity contribution in [3.05, 3.63) is 70.4 Å². The summed E-state index contributed by atoms with van der Waals surface area (Å²) in [5.74, 6) is 1.98. The van der Waals surface area contributed by atoms with Crippen molar-refractivity contribution in [3.63, 3.8) is 0 Å². The molecule has 0 amide bonds. The Kier molecular flexibility index (Phi) is 7.16. The van der Waals surface area contributed by atoms with Crippen LogP contribution in [-0.2, 0) is 6.54 Å². The molecule has 0 unspecified atom stereocenters. The summed E-state index contributed by atoms with van der Waals surface area (Å²) < 4.78 is 7.12. The summed E-state index contributed by atoms with van der Waals surface area (Å²) in [5, 5.41) is 15.7. The van der Waals surface area contributed by atoms with E-state index in [1.165, 1.54) is 11.3 Å². The number of piperidine rings is 1. The molecule has 1 saturated heterocycles. The number of thiophene rings is 1. The zero-order chi connectivity index (χ0) is 24.9. The SMILES string of the molecule is Cc1cc(C#N)cc(C)c1Oc1nc(N/N=C/C2CCN(Cc3ccccn3)CC2)nc2ccsc12. The average Bonchev–Trinajstić information content (AvgIpc) is 3.37. The number of ether oxygens (including phenoxy) is 1. The van der Waals surface area contributed by atoms with Gasteiger partial charge in [0.15, 0.2) is 0 Å². The van der Waals surface area contributed by atoms with Gasteiger partial charge in [-0.15, -0.1) is 11.3 Å². The molecule has 4 aromatic rings. The number of nitrogens with one attached hydrogen (secondary N) is 1. The number of likely N-dealkylation sites (tertiary alicyclic amines) is 1. The second-order valence-electron chi connectivity index (χ2n) is 8.96. The molecule has 0 aliphatic carbocycles. The predicted molar refractivity (Wildman–Crippen MR) is 142 cm³/mol. The van der Waals surface area contributed by atoms with Crippen LogP contribution in [0, 0.1) is 31.1 Å². The van der Waals surface area contributed by atoms with Crippen LogP contribution in [0.5, 0.6) is 11.6 Å². The number of fused-ring (bicyclic) bond motifs is 1. The number of nitrogens with zero attached hydrogens (tertiary/aromatic N) is 6. The first-order valence-electron chi connectivity index (χ1n) is 11.9. The van der Waals surface area contributed by atoms with Crippen molar-refractivity contribution < 1.29 is 4.74 Å². The van der Waals surface area contributed by atoms with Gasteiger partial charge in [-0.2, -0.15) is 15.3 Å². The zero-order valence-corrected chi connectivity index (χ0v) is 21.1. The minimum atomic E-state index is 0.392. The van der Waals surface area contributed by atoms with E-state index in [0.29, 0.717) is 29.1 Å². The maximum absolute atomic E-state index is 9.23. The van der Waals surface area contributed by atoms with Crippen LogP contribution < -0.4 is 10.2 Å². The number of pyridine rings is 1. The van der Waals surface area contributed by atoms with Crippen LogP contribution in [0.2, 0.25) is 0 Å². The van der Waals surface area contributed by atoms with Gasteiger partial charge in [-0.25, -0.2) is 10.4 Å². The maximum Gasteiger partial charge on any atom is 0.247 e. The van der Waals surface area contributed by atoms with E-state index in [-0.39, 0.29) is 0 Å². The maximum atomic E-state index is 9.23. The summed E-state index contributed by atoms with van der Waals surface area (Å²) in [6.07, 6.45) is 5.91. The highest BCUT2D eigenvalue weighted by Gasteiger charge is 2.19. The number of hydrogen-bond acceptors (Lipinski definition) is 9. The Morgan fingerprint density at radius 1 is 1.19 bits per heavy atom. The Morgan fingerprint density at radius 2 is 2.00 bits per heavy atom. The van der Waals surface area contributed by atoms with Gasteiger partial charge in [-0.05, 0) is 92.5 Å². The Hall–Kier alpha value is -3.87. The molecule has 0 bridgehead atoms. The Morgan fingerprint density at radius 3 is 2.72 bits per heavy atom. The molecule has 1 N–H and O–H groups in total. The molecule has 36 heavy (non-hydrogen) atoms. The molecule has 0 radical (unpaired) electrons. The van der Waals surface area contributed by atoms with Crippen LogP contribution >= 0.6 is 11.3 Å². The van der Waals surface area contributed by atoms with Crippen molar-refractivity contribution in [2.45, 2.75) is 33.2 Å². The van der Waals surface area contributed by atoms with Gasteiger partial charge >= 0.3 is 0 Å². The van der Waals surface area contributed by atoms with Crippen LogP contribution in [0.15, 0.2) is 53.1 Å². The van der Waals surface area contributed by atoms with Gasteiger partial charge in [0, 0.05) is 19.0 Å². The molecule has 4 heterocycles. The number of anilines is 1. The average molecular weight is 498 g/mol. The minimum Gasteiger partial charge on any atom is -0.437 e. The highest BCUT2D eigenvalue weighted by Crippen LogP contribution is 2.35. The number of nitriles is 1.